The Bertz CT molecular complexity index is 1480. The van der Waals surface area contributed by atoms with E-state index in [1.807, 2.05) is 25.1 Å². The molecule has 36 heavy (non-hydrogen) atoms. The van der Waals surface area contributed by atoms with Crippen LogP contribution in [-0.4, -0.2) is 46.8 Å². The van der Waals surface area contributed by atoms with Crippen molar-refractivity contribution < 1.29 is 21.6 Å². The van der Waals surface area contributed by atoms with Crippen LogP contribution < -0.4 is 5.32 Å². The van der Waals surface area contributed by atoms with Crippen LogP contribution in [-0.2, 0) is 16.2 Å². The van der Waals surface area contributed by atoms with E-state index < -0.39 is 21.8 Å². The summed E-state index contributed by atoms with van der Waals surface area (Å²) in [6.07, 6.45) is -2.61. The first-order valence-electron chi connectivity index (χ1n) is 11.5. The number of aromatic amines is 1. The summed E-state index contributed by atoms with van der Waals surface area (Å²) in [4.78, 5) is 11.7. The Hall–Kier alpha value is -3.44. The summed E-state index contributed by atoms with van der Waals surface area (Å²) in [6, 6.07) is 14.9. The van der Waals surface area contributed by atoms with Gasteiger partial charge in [-0.05, 0) is 67.3 Å². The lowest BCUT2D eigenvalue weighted by atomic mass is 10.1. The molecule has 0 bridgehead atoms. The third kappa shape index (κ3) is 4.93. The Balaban J connectivity index is 1.22. The molecule has 1 aliphatic rings. The van der Waals surface area contributed by atoms with Gasteiger partial charge in [0.1, 0.15) is 11.6 Å². The minimum Gasteiger partial charge on any atom is -0.367 e. The van der Waals surface area contributed by atoms with E-state index in [0.717, 1.165) is 40.2 Å². The van der Waals surface area contributed by atoms with E-state index in [2.05, 4.69) is 20.3 Å². The van der Waals surface area contributed by atoms with Crippen LogP contribution in [0.25, 0.3) is 22.2 Å². The van der Waals surface area contributed by atoms with Crippen molar-refractivity contribution in [1.29, 1.82) is 0 Å². The highest BCUT2D eigenvalue weighted by atomic mass is 32.2. The number of benzene rings is 2. The lowest BCUT2D eigenvalue weighted by molar-refractivity contribution is -0.137. The van der Waals surface area contributed by atoms with Gasteiger partial charge in [-0.15, -0.1) is 0 Å². The van der Waals surface area contributed by atoms with Gasteiger partial charge in [-0.1, -0.05) is 18.2 Å². The molecule has 0 amide bonds. The first-order chi connectivity index (χ1) is 17.1. The SMILES string of the molecule is Cc1nc2cc(-c3ccc(S(=O)(=O)N4CCC(Nc5ccc(C(F)(F)F)cn5)CC4)cc3)ccc2[nH]1. The molecule has 0 aliphatic carbocycles. The Labute approximate surface area is 206 Å². The fourth-order valence-corrected chi connectivity index (χ4v) is 5.85. The highest BCUT2D eigenvalue weighted by Crippen LogP contribution is 2.30. The Morgan fingerprint density at radius 2 is 1.69 bits per heavy atom. The number of nitrogens with zero attached hydrogens (tertiary/aromatic N) is 3. The molecule has 5 rings (SSSR count). The third-order valence-electron chi connectivity index (χ3n) is 6.32. The standard InChI is InChI=1S/C25H24F3N5O2S/c1-16-30-22-8-4-18(14-23(22)31-16)17-2-6-21(7-3-17)36(34,35)33-12-10-20(11-13-33)32-24-9-5-19(15-29-24)25(26,27)28/h2-9,14-15,20H,10-13H2,1H3,(H,29,32)(H,30,31). The van der Waals surface area contributed by atoms with Gasteiger partial charge in [-0.25, -0.2) is 18.4 Å². The summed E-state index contributed by atoms with van der Waals surface area (Å²) in [7, 11) is -3.66. The van der Waals surface area contributed by atoms with Crippen molar-refractivity contribution in [2.45, 2.75) is 36.9 Å². The number of imidazole rings is 1. The molecule has 0 unspecified atom stereocenters. The molecule has 0 radical (unpaired) electrons. The van der Waals surface area contributed by atoms with Crippen molar-refractivity contribution in [3.8, 4) is 11.1 Å². The predicted octanol–water partition coefficient (Wildman–Crippen LogP) is 5.22. The number of alkyl halides is 3. The van der Waals surface area contributed by atoms with E-state index in [1.165, 1.54) is 10.4 Å². The molecule has 0 atom stereocenters. The summed E-state index contributed by atoms with van der Waals surface area (Å²) in [5, 5.41) is 3.10. The molecule has 2 aromatic carbocycles. The number of hydrogen-bond donors (Lipinski definition) is 2. The molecule has 7 nitrogen and oxygen atoms in total. The zero-order valence-electron chi connectivity index (χ0n) is 19.4. The van der Waals surface area contributed by atoms with Crippen molar-refractivity contribution in [3.05, 3.63) is 72.2 Å². The average molecular weight is 516 g/mol. The quantitative estimate of drug-likeness (QED) is 0.381. The lowest BCUT2D eigenvalue weighted by Crippen LogP contribution is -2.42. The average Bonchev–Trinajstić information content (AvgIpc) is 3.23. The number of anilines is 1. The predicted molar refractivity (Wildman–Crippen MR) is 131 cm³/mol. The van der Waals surface area contributed by atoms with E-state index in [4.69, 9.17) is 0 Å². The zero-order chi connectivity index (χ0) is 25.5. The molecule has 4 aromatic rings. The lowest BCUT2D eigenvalue weighted by Gasteiger charge is -2.32. The maximum Gasteiger partial charge on any atom is 0.417 e. The van der Waals surface area contributed by atoms with Crippen LogP contribution in [0.5, 0.6) is 0 Å². The van der Waals surface area contributed by atoms with Crippen LogP contribution >= 0.6 is 0 Å². The topological polar surface area (TPSA) is 91.0 Å². The maximum atomic E-state index is 13.2. The Morgan fingerprint density at radius 3 is 2.33 bits per heavy atom. The van der Waals surface area contributed by atoms with Gasteiger partial charge in [-0.3, -0.25) is 0 Å². The summed E-state index contributed by atoms with van der Waals surface area (Å²) >= 11 is 0. The van der Waals surface area contributed by atoms with E-state index in [0.29, 0.717) is 31.7 Å². The molecule has 1 saturated heterocycles. The van der Waals surface area contributed by atoms with Gasteiger partial charge in [0, 0.05) is 25.3 Å². The second kappa shape index (κ2) is 9.21. The van der Waals surface area contributed by atoms with Crippen molar-refractivity contribution in [3.63, 3.8) is 0 Å². The number of aromatic nitrogens is 3. The normalized spacial score (nSPS) is 15.9. The number of rotatable bonds is 5. The first kappa shape index (κ1) is 24.3. The highest BCUT2D eigenvalue weighted by molar-refractivity contribution is 7.89. The monoisotopic (exact) mass is 515 g/mol. The number of piperidine rings is 1. The fraction of sp³-hybridized carbons (Fsp3) is 0.280. The van der Waals surface area contributed by atoms with Crippen LogP contribution in [0, 0.1) is 6.92 Å². The van der Waals surface area contributed by atoms with E-state index in [-0.39, 0.29) is 10.9 Å². The van der Waals surface area contributed by atoms with Crippen LogP contribution in [0.1, 0.15) is 24.2 Å². The van der Waals surface area contributed by atoms with Crippen molar-refractivity contribution in [1.82, 2.24) is 19.3 Å². The summed E-state index contributed by atoms with van der Waals surface area (Å²) in [5.74, 6) is 1.17. The van der Waals surface area contributed by atoms with Gasteiger partial charge >= 0.3 is 6.18 Å². The zero-order valence-corrected chi connectivity index (χ0v) is 20.2. The number of hydrogen-bond acceptors (Lipinski definition) is 5. The number of nitrogens with one attached hydrogen (secondary N) is 2. The molecule has 188 valence electrons. The third-order valence-corrected chi connectivity index (χ3v) is 8.24. The minimum atomic E-state index is -4.43. The Morgan fingerprint density at radius 1 is 1.00 bits per heavy atom. The minimum absolute atomic E-state index is 0.0799. The number of sulfonamides is 1. The van der Waals surface area contributed by atoms with Crippen molar-refractivity contribution in [2.24, 2.45) is 0 Å². The fourth-order valence-electron chi connectivity index (χ4n) is 4.38. The number of fused-ring (bicyclic) bond motifs is 1. The molecular formula is C25H24F3N5O2S. The number of pyridine rings is 1. The largest absolute Gasteiger partial charge is 0.417 e. The second-order valence-electron chi connectivity index (χ2n) is 8.83. The summed E-state index contributed by atoms with van der Waals surface area (Å²) in [6.45, 7) is 2.50. The van der Waals surface area contributed by atoms with Crippen molar-refractivity contribution >= 4 is 26.9 Å². The number of H-pyrrole nitrogens is 1. The molecule has 0 saturated carbocycles. The molecule has 2 N–H and O–H groups in total. The van der Waals surface area contributed by atoms with Gasteiger partial charge in [0.2, 0.25) is 10.0 Å². The first-order valence-corrected chi connectivity index (χ1v) is 12.9. The van der Waals surface area contributed by atoms with Crippen LogP contribution in [0.4, 0.5) is 19.0 Å². The van der Waals surface area contributed by atoms with Gasteiger partial charge in [0.05, 0.1) is 21.5 Å². The molecule has 1 fully saturated rings. The Kier molecular flexibility index (Phi) is 6.21. The van der Waals surface area contributed by atoms with E-state index in [9.17, 15) is 21.6 Å². The van der Waals surface area contributed by atoms with Crippen molar-refractivity contribution in [2.75, 3.05) is 18.4 Å². The molecule has 1 aliphatic heterocycles. The summed E-state index contributed by atoms with van der Waals surface area (Å²) < 4.78 is 65.9. The van der Waals surface area contributed by atoms with Crippen LogP contribution in [0.2, 0.25) is 0 Å². The van der Waals surface area contributed by atoms with Gasteiger partial charge in [-0.2, -0.15) is 17.5 Å². The number of halogens is 3. The second-order valence-corrected chi connectivity index (χ2v) is 10.8. The van der Waals surface area contributed by atoms with E-state index >= 15 is 0 Å². The van der Waals surface area contributed by atoms with Gasteiger partial charge in [0.15, 0.2) is 0 Å². The molecule has 3 heterocycles. The maximum absolute atomic E-state index is 13.2. The van der Waals surface area contributed by atoms with Gasteiger partial charge in [0.25, 0.3) is 0 Å². The molecular weight excluding hydrogens is 491 g/mol. The molecule has 2 aromatic heterocycles. The highest BCUT2D eigenvalue weighted by Gasteiger charge is 2.32. The van der Waals surface area contributed by atoms with Crippen LogP contribution in [0.3, 0.4) is 0 Å². The molecule has 11 heteroatoms. The van der Waals surface area contributed by atoms with Gasteiger partial charge < -0.3 is 10.3 Å². The number of aryl methyl sites for hydroxylation is 1. The molecule has 0 spiro atoms. The summed E-state index contributed by atoms with van der Waals surface area (Å²) in [5.41, 5.74) is 2.83. The van der Waals surface area contributed by atoms with E-state index in [1.54, 1.807) is 24.3 Å². The smallest absolute Gasteiger partial charge is 0.367 e. The van der Waals surface area contributed by atoms with Crippen LogP contribution in [0.15, 0.2) is 65.7 Å².